The summed E-state index contributed by atoms with van der Waals surface area (Å²) in [5, 5.41) is 8.21. The lowest BCUT2D eigenvalue weighted by Gasteiger charge is -2.30. The minimum Gasteiger partial charge on any atom is -0.362 e. The molecule has 1 saturated carbocycles. The number of para-hydroxylation sites is 1. The second-order valence-corrected chi connectivity index (χ2v) is 11.9. The van der Waals surface area contributed by atoms with Crippen LogP contribution >= 0.6 is 0 Å². The van der Waals surface area contributed by atoms with Gasteiger partial charge in [-0.1, -0.05) is 29.8 Å². The molecule has 194 valence electrons. The number of aryl methyl sites for hydroxylation is 1. The molecule has 0 saturated heterocycles. The third-order valence-electron chi connectivity index (χ3n) is 6.99. The predicted molar refractivity (Wildman–Crippen MR) is 149 cm³/mol. The average Bonchev–Trinajstić information content (AvgIpc) is 3.38. The van der Waals surface area contributed by atoms with E-state index in [1.807, 2.05) is 62.3 Å². The van der Waals surface area contributed by atoms with Crippen molar-refractivity contribution in [2.45, 2.75) is 56.1 Å². The summed E-state index contributed by atoms with van der Waals surface area (Å²) in [4.78, 5) is 11.8. The van der Waals surface area contributed by atoms with E-state index in [4.69, 9.17) is 9.97 Å². The molecule has 2 aromatic carbocycles. The lowest BCUT2D eigenvalue weighted by Crippen LogP contribution is -2.36. The van der Waals surface area contributed by atoms with Gasteiger partial charge in [0.05, 0.1) is 10.4 Å². The van der Waals surface area contributed by atoms with Crippen molar-refractivity contribution in [2.75, 3.05) is 24.3 Å². The molecule has 0 atom stereocenters. The summed E-state index contributed by atoms with van der Waals surface area (Å²) < 4.78 is 27.1. The van der Waals surface area contributed by atoms with Crippen molar-refractivity contribution in [3.8, 4) is 0 Å². The highest BCUT2D eigenvalue weighted by atomic mass is 32.2. The molecule has 2 heterocycles. The molecular formula is C28H34N6O2S. The first-order valence-corrected chi connectivity index (χ1v) is 14.2. The molecule has 1 fully saturated rings. The Hall–Kier alpha value is -3.43. The molecule has 0 aliphatic heterocycles. The normalized spacial score (nSPS) is 18.1. The van der Waals surface area contributed by atoms with Crippen LogP contribution in [0.2, 0.25) is 0 Å². The SMILES string of the molecule is Cc1ccc(S(=O)(=O)n2ccc(CNC3CCC(Nc4nc(N(C)C)c5ccccc5n4)CC3)c2)cc1. The molecule has 1 aliphatic rings. The number of fused-ring (bicyclic) bond motifs is 1. The van der Waals surface area contributed by atoms with E-state index in [1.54, 1.807) is 24.5 Å². The van der Waals surface area contributed by atoms with E-state index in [2.05, 4.69) is 16.7 Å². The van der Waals surface area contributed by atoms with Crippen LogP contribution in [-0.2, 0) is 16.6 Å². The van der Waals surface area contributed by atoms with Gasteiger partial charge in [-0.05, 0) is 68.5 Å². The Bertz CT molecular complexity index is 1470. The Morgan fingerprint density at radius 1 is 0.946 bits per heavy atom. The van der Waals surface area contributed by atoms with E-state index < -0.39 is 10.0 Å². The predicted octanol–water partition coefficient (Wildman–Crippen LogP) is 4.56. The molecule has 1 aliphatic carbocycles. The lowest BCUT2D eigenvalue weighted by atomic mass is 9.91. The first-order chi connectivity index (χ1) is 17.8. The van der Waals surface area contributed by atoms with Crippen molar-refractivity contribution in [1.82, 2.24) is 19.3 Å². The Morgan fingerprint density at radius 2 is 1.65 bits per heavy atom. The molecule has 4 aromatic rings. The van der Waals surface area contributed by atoms with E-state index in [0.717, 1.165) is 53.5 Å². The van der Waals surface area contributed by atoms with Gasteiger partial charge >= 0.3 is 0 Å². The van der Waals surface area contributed by atoms with Crippen LogP contribution < -0.4 is 15.5 Å². The van der Waals surface area contributed by atoms with Crippen LogP contribution in [0.15, 0.2) is 71.9 Å². The Labute approximate surface area is 218 Å². The zero-order valence-electron chi connectivity index (χ0n) is 21.6. The highest BCUT2D eigenvalue weighted by molar-refractivity contribution is 7.90. The Balaban J connectivity index is 1.15. The number of anilines is 2. The van der Waals surface area contributed by atoms with Gasteiger partial charge in [0, 0.05) is 50.5 Å². The zero-order chi connectivity index (χ0) is 26.0. The number of nitrogens with one attached hydrogen (secondary N) is 2. The van der Waals surface area contributed by atoms with E-state index in [0.29, 0.717) is 29.5 Å². The average molecular weight is 519 g/mol. The van der Waals surface area contributed by atoms with Crippen LogP contribution in [-0.4, -0.2) is 48.5 Å². The number of aromatic nitrogens is 3. The van der Waals surface area contributed by atoms with Gasteiger partial charge in [0.1, 0.15) is 5.82 Å². The van der Waals surface area contributed by atoms with Gasteiger partial charge in [0.15, 0.2) is 0 Å². The first kappa shape index (κ1) is 25.2. The molecule has 0 amide bonds. The molecule has 9 heteroatoms. The van der Waals surface area contributed by atoms with Crippen molar-refractivity contribution in [2.24, 2.45) is 0 Å². The third-order valence-corrected chi connectivity index (χ3v) is 8.64. The molecule has 37 heavy (non-hydrogen) atoms. The summed E-state index contributed by atoms with van der Waals surface area (Å²) in [6, 6.07) is 17.6. The van der Waals surface area contributed by atoms with Gasteiger partial charge < -0.3 is 15.5 Å². The van der Waals surface area contributed by atoms with Crippen molar-refractivity contribution in [3.63, 3.8) is 0 Å². The standard InChI is InChI=1S/C28H34N6O2S/c1-20-8-14-24(15-9-20)37(35,36)34-17-16-21(19-34)18-29-22-10-12-23(13-11-22)30-28-31-26-7-5-4-6-25(26)27(32-28)33(2)3/h4-9,14-17,19,22-23,29H,10-13,18H2,1-3H3,(H,30,31,32). The van der Waals surface area contributed by atoms with Gasteiger partial charge in [-0.2, -0.15) is 4.98 Å². The minimum absolute atomic E-state index is 0.298. The smallest absolute Gasteiger partial charge is 0.267 e. The van der Waals surface area contributed by atoms with Crippen LogP contribution in [0.3, 0.4) is 0 Å². The van der Waals surface area contributed by atoms with Crippen molar-refractivity contribution >= 4 is 32.7 Å². The fourth-order valence-electron chi connectivity index (χ4n) is 4.86. The molecule has 8 nitrogen and oxygen atoms in total. The minimum atomic E-state index is -3.57. The van der Waals surface area contributed by atoms with Crippen LogP contribution in [0.25, 0.3) is 10.9 Å². The van der Waals surface area contributed by atoms with Crippen molar-refractivity contribution < 1.29 is 8.42 Å². The molecule has 0 unspecified atom stereocenters. The maximum atomic E-state index is 12.9. The quantitative estimate of drug-likeness (QED) is 0.353. The Kier molecular flexibility index (Phi) is 7.17. The molecule has 0 spiro atoms. The fourth-order valence-corrected chi connectivity index (χ4v) is 6.08. The molecule has 2 N–H and O–H groups in total. The second kappa shape index (κ2) is 10.5. The Morgan fingerprint density at radius 3 is 2.38 bits per heavy atom. The molecule has 0 bridgehead atoms. The lowest BCUT2D eigenvalue weighted by molar-refractivity contribution is 0.352. The summed E-state index contributed by atoms with van der Waals surface area (Å²) in [5.41, 5.74) is 2.93. The maximum absolute atomic E-state index is 12.9. The summed E-state index contributed by atoms with van der Waals surface area (Å²) >= 11 is 0. The van der Waals surface area contributed by atoms with Crippen molar-refractivity contribution in [1.29, 1.82) is 0 Å². The van der Waals surface area contributed by atoms with E-state index in [1.165, 1.54) is 3.97 Å². The first-order valence-electron chi connectivity index (χ1n) is 12.7. The summed E-state index contributed by atoms with van der Waals surface area (Å²) in [6.07, 6.45) is 7.44. The molecular weight excluding hydrogens is 484 g/mol. The summed E-state index contributed by atoms with van der Waals surface area (Å²) in [6.45, 7) is 2.58. The summed E-state index contributed by atoms with van der Waals surface area (Å²) in [7, 11) is 0.431. The monoisotopic (exact) mass is 518 g/mol. The number of benzene rings is 2. The van der Waals surface area contributed by atoms with Crippen LogP contribution in [0.1, 0.15) is 36.8 Å². The topological polar surface area (TPSA) is 92.2 Å². The maximum Gasteiger partial charge on any atom is 0.267 e. The number of rotatable bonds is 8. The largest absolute Gasteiger partial charge is 0.362 e. The summed E-state index contributed by atoms with van der Waals surface area (Å²) in [5.74, 6) is 1.59. The van der Waals surface area contributed by atoms with Crippen molar-refractivity contribution in [3.05, 3.63) is 78.1 Å². The molecule has 5 rings (SSSR count). The third kappa shape index (κ3) is 5.62. The van der Waals surface area contributed by atoms with Crippen LogP contribution in [0.4, 0.5) is 11.8 Å². The number of nitrogens with zero attached hydrogens (tertiary/aromatic N) is 4. The van der Waals surface area contributed by atoms with Gasteiger partial charge in [0.25, 0.3) is 10.0 Å². The molecule has 0 radical (unpaired) electrons. The number of hydrogen-bond donors (Lipinski definition) is 2. The highest BCUT2D eigenvalue weighted by Crippen LogP contribution is 2.26. The van der Waals surface area contributed by atoms with E-state index >= 15 is 0 Å². The highest BCUT2D eigenvalue weighted by Gasteiger charge is 2.23. The van der Waals surface area contributed by atoms with Gasteiger partial charge in [-0.25, -0.2) is 17.4 Å². The fraction of sp³-hybridized carbons (Fsp3) is 0.357. The van der Waals surface area contributed by atoms with E-state index in [-0.39, 0.29) is 0 Å². The van der Waals surface area contributed by atoms with Crippen LogP contribution in [0, 0.1) is 6.92 Å². The van der Waals surface area contributed by atoms with Gasteiger partial charge in [-0.3, -0.25) is 0 Å². The zero-order valence-corrected chi connectivity index (χ0v) is 22.4. The van der Waals surface area contributed by atoms with E-state index in [9.17, 15) is 8.42 Å². The van der Waals surface area contributed by atoms with Gasteiger partial charge in [-0.15, -0.1) is 0 Å². The number of hydrogen-bond acceptors (Lipinski definition) is 7. The van der Waals surface area contributed by atoms with Crippen LogP contribution in [0.5, 0.6) is 0 Å². The van der Waals surface area contributed by atoms with Gasteiger partial charge in [0.2, 0.25) is 5.95 Å². The molecule has 2 aromatic heterocycles. The second-order valence-electron chi connectivity index (χ2n) is 10.0.